The van der Waals surface area contributed by atoms with Crippen LogP contribution in [0.1, 0.15) is 50.0 Å². The van der Waals surface area contributed by atoms with Gasteiger partial charge in [-0.3, -0.25) is 0 Å². The Balaban J connectivity index is 1.81. The number of para-hydroxylation sites is 1. The number of halogens is 1. The van der Waals surface area contributed by atoms with E-state index < -0.39 is 0 Å². The topological polar surface area (TPSA) is 17.8 Å². The fraction of sp³-hybridized carbons (Fsp3) is 0.611. The molecule has 21 heavy (non-hydrogen) atoms. The molecule has 1 heterocycles. The maximum absolute atomic E-state index is 6.20. The molecule has 112 valence electrons. The largest absolute Gasteiger partial charge is 0.324 e. The van der Waals surface area contributed by atoms with Gasteiger partial charge in [-0.15, -0.1) is 11.6 Å². The third kappa shape index (κ3) is 2.03. The summed E-state index contributed by atoms with van der Waals surface area (Å²) in [5.74, 6) is 4.26. The lowest BCUT2D eigenvalue weighted by Gasteiger charge is -2.30. The molecule has 2 nitrogen and oxygen atoms in total. The monoisotopic (exact) mass is 302 g/mol. The van der Waals surface area contributed by atoms with Gasteiger partial charge in [-0.1, -0.05) is 18.6 Å². The second-order valence-electron chi connectivity index (χ2n) is 7.05. The van der Waals surface area contributed by atoms with Crippen LogP contribution in [0.5, 0.6) is 0 Å². The summed E-state index contributed by atoms with van der Waals surface area (Å²) >= 11 is 6.20. The van der Waals surface area contributed by atoms with E-state index in [1.54, 1.807) is 0 Å². The van der Waals surface area contributed by atoms with Crippen LogP contribution in [-0.4, -0.2) is 9.55 Å². The molecule has 0 aliphatic heterocycles. The summed E-state index contributed by atoms with van der Waals surface area (Å²) in [5, 5.41) is 0. The number of hydrogen-bond acceptors (Lipinski definition) is 1. The number of fused-ring (bicyclic) bond motifs is 3. The molecule has 2 aliphatic carbocycles. The predicted octanol–water partition coefficient (Wildman–Crippen LogP) is 5.08. The predicted molar refractivity (Wildman–Crippen MR) is 87.7 cm³/mol. The maximum atomic E-state index is 6.20. The van der Waals surface area contributed by atoms with Gasteiger partial charge in [0.25, 0.3) is 0 Å². The van der Waals surface area contributed by atoms with Crippen molar-refractivity contribution in [3.63, 3.8) is 0 Å². The van der Waals surface area contributed by atoms with Gasteiger partial charge in [0.15, 0.2) is 0 Å². The van der Waals surface area contributed by atoms with E-state index in [-0.39, 0.29) is 0 Å². The molecule has 1 aromatic heterocycles. The van der Waals surface area contributed by atoms with Gasteiger partial charge in [-0.2, -0.15) is 0 Å². The smallest absolute Gasteiger partial charge is 0.125 e. The number of alkyl halides is 1. The highest BCUT2D eigenvalue weighted by Crippen LogP contribution is 2.52. The first-order valence-electron chi connectivity index (χ1n) is 8.21. The molecule has 3 heteroatoms. The fourth-order valence-corrected chi connectivity index (χ4v) is 5.17. The zero-order chi connectivity index (χ0) is 14.6. The summed E-state index contributed by atoms with van der Waals surface area (Å²) in [6, 6.07) is 6.91. The van der Waals surface area contributed by atoms with Crippen molar-refractivity contribution < 1.29 is 0 Å². The molecule has 2 aliphatic rings. The van der Waals surface area contributed by atoms with Gasteiger partial charge in [0.1, 0.15) is 5.82 Å². The zero-order valence-electron chi connectivity index (χ0n) is 12.8. The summed E-state index contributed by atoms with van der Waals surface area (Å²) in [4.78, 5) is 4.78. The molecule has 0 N–H and O–H groups in total. The Hall–Kier alpha value is -1.02. The Morgan fingerprint density at radius 2 is 2.19 bits per heavy atom. The molecule has 4 rings (SSSR count). The highest BCUT2D eigenvalue weighted by Gasteiger charge is 2.42. The first-order chi connectivity index (χ1) is 10.2. The van der Waals surface area contributed by atoms with Crippen LogP contribution in [0.2, 0.25) is 0 Å². The normalized spacial score (nSPS) is 29.4. The Morgan fingerprint density at radius 3 is 2.86 bits per heavy atom. The van der Waals surface area contributed by atoms with Crippen LogP contribution >= 0.6 is 11.6 Å². The molecular formula is C18H23ClN2. The Kier molecular flexibility index (Phi) is 3.25. The van der Waals surface area contributed by atoms with Crippen molar-refractivity contribution in [2.24, 2.45) is 17.8 Å². The minimum Gasteiger partial charge on any atom is -0.324 e. The van der Waals surface area contributed by atoms with Crippen LogP contribution in [0, 0.1) is 24.7 Å². The van der Waals surface area contributed by atoms with E-state index in [2.05, 4.69) is 36.6 Å². The molecule has 0 amide bonds. The number of aryl methyl sites for hydroxylation is 1. The van der Waals surface area contributed by atoms with E-state index in [0.717, 1.165) is 29.1 Å². The van der Waals surface area contributed by atoms with Crippen molar-refractivity contribution in [1.82, 2.24) is 9.55 Å². The summed E-state index contributed by atoms with van der Waals surface area (Å²) in [6.07, 6.45) is 5.75. The van der Waals surface area contributed by atoms with Gasteiger partial charge >= 0.3 is 0 Å². The third-order valence-electron chi connectivity index (χ3n) is 5.92. The standard InChI is InChI=1S/C18H23ClN2/c1-11-4-3-5-16-18(11)21(17(10-19)20-16)12(2)15-9-13-6-7-14(15)8-13/h3-5,12-15H,6-10H2,1-2H3. The van der Waals surface area contributed by atoms with Gasteiger partial charge in [0, 0.05) is 6.04 Å². The molecule has 4 unspecified atom stereocenters. The number of hydrogen-bond donors (Lipinski definition) is 0. The van der Waals surface area contributed by atoms with E-state index in [4.69, 9.17) is 16.6 Å². The quantitative estimate of drug-likeness (QED) is 0.723. The van der Waals surface area contributed by atoms with Crippen LogP contribution in [0.4, 0.5) is 0 Å². The molecule has 1 aromatic carbocycles. The minimum atomic E-state index is 0.499. The summed E-state index contributed by atoms with van der Waals surface area (Å²) < 4.78 is 2.45. The summed E-state index contributed by atoms with van der Waals surface area (Å²) in [5.41, 5.74) is 3.70. The van der Waals surface area contributed by atoms with Crippen LogP contribution < -0.4 is 0 Å². The average Bonchev–Trinajstić information content (AvgIpc) is 3.19. The molecule has 2 saturated carbocycles. The van der Waals surface area contributed by atoms with Crippen LogP contribution in [-0.2, 0) is 5.88 Å². The SMILES string of the molecule is Cc1cccc2nc(CCl)n(C(C)C3CC4CCC3C4)c12. The van der Waals surface area contributed by atoms with E-state index in [0.29, 0.717) is 11.9 Å². The molecule has 4 atom stereocenters. The van der Waals surface area contributed by atoms with Crippen molar-refractivity contribution in [3.8, 4) is 0 Å². The van der Waals surface area contributed by atoms with Gasteiger partial charge in [-0.05, 0) is 62.5 Å². The van der Waals surface area contributed by atoms with E-state index in [1.165, 1.54) is 36.8 Å². The van der Waals surface area contributed by atoms with Crippen LogP contribution in [0.15, 0.2) is 18.2 Å². The lowest BCUT2D eigenvalue weighted by atomic mass is 9.83. The maximum Gasteiger partial charge on any atom is 0.125 e. The summed E-state index contributed by atoms with van der Waals surface area (Å²) in [7, 11) is 0. The first kappa shape index (κ1) is 13.6. The Bertz CT molecular complexity index is 675. The number of nitrogens with zero attached hydrogens (tertiary/aromatic N) is 2. The Labute approximate surface area is 131 Å². The van der Waals surface area contributed by atoms with Crippen LogP contribution in [0.25, 0.3) is 11.0 Å². The van der Waals surface area contributed by atoms with E-state index in [9.17, 15) is 0 Å². The highest BCUT2D eigenvalue weighted by molar-refractivity contribution is 6.16. The number of rotatable bonds is 3. The highest BCUT2D eigenvalue weighted by atomic mass is 35.5. The van der Waals surface area contributed by atoms with Crippen molar-refractivity contribution in [2.75, 3.05) is 0 Å². The van der Waals surface area contributed by atoms with E-state index >= 15 is 0 Å². The van der Waals surface area contributed by atoms with Gasteiger partial charge < -0.3 is 4.57 Å². The lowest BCUT2D eigenvalue weighted by molar-refractivity contribution is 0.243. The second-order valence-corrected chi connectivity index (χ2v) is 7.32. The van der Waals surface area contributed by atoms with Gasteiger partial charge in [0.2, 0.25) is 0 Å². The number of imidazole rings is 1. The van der Waals surface area contributed by atoms with Gasteiger partial charge in [0.05, 0.1) is 16.9 Å². The molecule has 2 bridgehead atoms. The summed E-state index contributed by atoms with van der Waals surface area (Å²) in [6.45, 7) is 4.57. The second kappa shape index (κ2) is 5.01. The molecule has 2 aromatic rings. The van der Waals surface area contributed by atoms with Crippen molar-refractivity contribution in [3.05, 3.63) is 29.6 Å². The molecule has 0 spiro atoms. The molecule has 0 radical (unpaired) electrons. The first-order valence-corrected chi connectivity index (χ1v) is 8.75. The zero-order valence-corrected chi connectivity index (χ0v) is 13.6. The van der Waals surface area contributed by atoms with E-state index in [1.807, 2.05) is 0 Å². The fourth-order valence-electron chi connectivity index (χ4n) is 4.98. The molecule has 0 saturated heterocycles. The molecule has 2 fully saturated rings. The Morgan fingerprint density at radius 1 is 1.33 bits per heavy atom. The average molecular weight is 303 g/mol. The van der Waals surface area contributed by atoms with Gasteiger partial charge in [-0.25, -0.2) is 4.98 Å². The number of benzene rings is 1. The third-order valence-corrected chi connectivity index (χ3v) is 6.16. The van der Waals surface area contributed by atoms with Crippen molar-refractivity contribution >= 4 is 22.6 Å². The van der Waals surface area contributed by atoms with Crippen molar-refractivity contribution in [1.29, 1.82) is 0 Å². The minimum absolute atomic E-state index is 0.499. The van der Waals surface area contributed by atoms with Crippen LogP contribution in [0.3, 0.4) is 0 Å². The lowest BCUT2D eigenvalue weighted by Crippen LogP contribution is -2.23. The van der Waals surface area contributed by atoms with Crippen molar-refractivity contribution in [2.45, 2.75) is 51.5 Å². The molecular weight excluding hydrogens is 280 g/mol. The number of aromatic nitrogens is 2.